The Morgan fingerprint density at radius 1 is 1.35 bits per heavy atom. The topological polar surface area (TPSA) is 56.7 Å². The third kappa shape index (κ3) is 2.37. The largest absolute Gasteiger partial charge is 0.381 e. The van der Waals surface area contributed by atoms with Crippen molar-refractivity contribution in [3.8, 4) is 5.69 Å². The second-order valence-corrected chi connectivity index (χ2v) is 4.52. The van der Waals surface area contributed by atoms with Gasteiger partial charge in [-0.15, -0.1) is 5.10 Å². The molecule has 2 aromatic rings. The fraction of sp³-hybridized carbons (Fsp3) is 0.273. The van der Waals surface area contributed by atoms with Gasteiger partial charge in [0, 0.05) is 5.02 Å². The summed E-state index contributed by atoms with van der Waals surface area (Å²) in [5.74, 6) is 0.442. The van der Waals surface area contributed by atoms with Gasteiger partial charge in [0.2, 0.25) is 0 Å². The average molecular weight is 271 g/mol. The fourth-order valence-electron chi connectivity index (χ4n) is 1.63. The van der Waals surface area contributed by atoms with E-state index in [1.54, 1.807) is 22.9 Å². The molecule has 0 saturated carbocycles. The molecule has 1 heterocycles. The number of anilines is 1. The molecule has 2 N–H and O–H groups in total. The summed E-state index contributed by atoms with van der Waals surface area (Å²) in [7, 11) is 0. The van der Waals surface area contributed by atoms with Crippen molar-refractivity contribution in [2.75, 3.05) is 5.73 Å². The molecule has 0 radical (unpaired) electrons. The Labute approximate surface area is 109 Å². The van der Waals surface area contributed by atoms with Gasteiger partial charge in [0.05, 0.1) is 16.4 Å². The van der Waals surface area contributed by atoms with Crippen LogP contribution < -0.4 is 5.73 Å². The third-order valence-electron chi connectivity index (χ3n) is 2.42. The van der Waals surface area contributed by atoms with Gasteiger partial charge >= 0.3 is 0 Å². The van der Waals surface area contributed by atoms with Crippen LogP contribution in [0.1, 0.15) is 19.0 Å². The van der Waals surface area contributed by atoms with Crippen molar-refractivity contribution in [3.05, 3.63) is 33.9 Å². The van der Waals surface area contributed by atoms with Crippen molar-refractivity contribution in [3.63, 3.8) is 0 Å². The molecule has 17 heavy (non-hydrogen) atoms. The zero-order chi connectivity index (χ0) is 12.4. The first-order chi connectivity index (χ1) is 8.13. The fourth-order valence-corrected chi connectivity index (χ4v) is 2.12. The van der Waals surface area contributed by atoms with Crippen LogP contribution in [0.25, 0.3) is 5.69 Å². The first kappa shape index (κ1) is 12.2. The lowest BCUT2D eigenvalue weighted by atomic mass is 10.2. The molecule has 0 unspecified atom stereocenters. The van der Waals surface area contributed by atoms with Crippen molar-refractivity contribution in [1.29, 1.82) is 0 Å². The minimum atomic E-state index is 0.442. The maximum absolute atomic E-state index is 6.13. The van der Waals surface area contributed by atoms with Crippen molar-refractivity contribution in [1.82, 2.24) is 15.0 Å². The molecule has 1 aromatic carbocycles. The second kappa shape index (κ2) is 4.94. The molecule has 1 aromatic heterocycles. The molecular weight excluding hydrogens is 259 g/mol. The molecule has 0 amide bonds. The monoisotopic (exact) mass is 270 g/mol. The Morgan fingerprint density at radius 2 is 2.12 bits per heavy atom. The zero-order valence-corrected chi connectivity index (χ0v) is 10.8. The number of rotatable bonds is 3. The van der Waals surface area contributed by atoms with E-state index in [0.717, 1.165) is 24.2 Å². The van der Waals surface area contributed by atoms with E-state index in [1.807, 2.05) is 0 Å². The second-order valence-electron chi connectivity index (χ2n) is 3.68. The SMILES string of the molecule is CCCc1c(N)nnn1-c1ccc(Cl)cc1Cl. The summed E-state index contributed by atoms with van der Waals surface area (Å²) in [6, 6.07) is 5.24. The van der Waals surface area contributed by atoms with Gasteiger partial charge in [-0.3, -0.25) is 0 Å². The Morgan fingerprint density at radius 3 is 2.76 bits per heavy atom. The zero-order valence-electron chi connectivity index (χ0n) is 9.32. The molecule has 0 aliphatic heterocycles. The minimum absolute atomic E-state index is 0.442. The van der Waals surface area contributed by atoms with Crippen LogP contribution in [0.4, 0.5) is 5.82 Å². The summed E-state index contributed by atoms with van der Waals surface area (Å²) < 4.78 is 1.66. The standard InChI is InChI=1S/C11H12Cl2N4/c1-2-3-10-11(14)15-16-17(10)9-5-4-7(12)6-8(9)13/h4-6H,2-3,14H2,1H3. The van der Waals surface area contributed by atoms with Gasteiger partial charge in [-0.25, -0.2) is 4.68 Å². The third-order valence-corrected chi connectivity index (χ3v) is 2.96. The molecule has 0 fully saturated rings. The van der Waals surface area contributed by atoms with E-state index in [0.29, 0.717) is 15.9 Å². The number of hydrogen-bond donors (Lipinski definition) is 1. The maximum atomic E-state index is 6.13. The predicted molar refractivity (Wildman–Crippen MR) is 69.8 cm³/mol. The smallest absolute Gasteiger partial charge is 0.169 e. The van der Waals surface area contributed by atoms with Crippen LogP contribution in [0.2, 0.25) is 10.0 Å². The van der Waals surface area contributed by atoms with Gasteiger partial charge in [-0.2, -0.15) is 0 Å². The molecule has 6 heteroatoms. The Hall–Kier alpha value is -1.26. The van der Waals surface area contributed by atoms with Gasteiger partial charge in [0.15, 0.2) is 5.82 Å². The molecule has 0 spiro atoms. The molecule has 0 aliphatic rings. The summed E-state index contributed by atoms with van der Waals surface area (Å²) in [5, 5.41) is 9.00. The van der Waals surface area contributed by atoms with Gasteiger partial charge in [0.1, 0.15) is 0 Å². The molecule has 2 rings (SSSR count). The lowest BCUT2D eigenvalue weighted by Crippen LogP contribution is -2.04. The van der Waals surface area contributed by atoms with Crippen LogP contribution in [-0.4, -0.2) is 15.0 Å². The number of aromatic nitrogens is 3. The Kier molecular flexibility index (Phi) is 3.54. The highest BCUT2D eigenvalue weighted by Gasteiger charge is 2.13. The van der Waals surface area contributed by atoms with Crippen molar-refractivity contribution in [2.24, 2.45) is 0 Å². The van der Waals surface area contributed by atoms with Crippen molar-refractivity contribution < 1.29 is 0 Å². The highest BCUT2D eigenvalue weighted by molar-refractivity contribution is 6.35. The summed E-state index contributed by atoms with van der Waals surface area (Å²) >= 11 is 12.0. The van der Waals surface area contributed by atoms with E-state index in [2.05, 4.69) is 17.2 Å². The van der Waals surface area contributed by atoms with Crippen LogP contribution in [0.15, 0.2) is 18.2 Å². The van der Waals surface area contributed by atoms with Gasteiger partial charge < -0.3 is 5.73 Å². The van der Waals surface area contributed by atoms with Crippen molar-refractivity contribution in [2.45, 2.75) is 19.8 Å². The van der Waals surface area contributed by atoms with E-state index in [-0.39, 0.29) is 0 Å². The molecule has 0 aliphatic carbocycles. The van der Waals surface area contributed by atoms with Crippen LogP contribution in [0.3, 0.4) is 0 Å². The van der Waals surface area contributed by atoms with Crippen LogP contribution in [0.5, 0.6) is 0 Å². The number of nitrogens with zero attached hydrogens (tertiary/aromatic N) is 3. The van der Waals surface area contributed by atoms with E-state index < -0.39 is 0 Å². The normalized spacial score (nSPS) is 10.8. The van der Waals surface area contributed by atoms with Gasteiger partial charge in [-0.1, -0.05) is 41.8 Å². The first-order valence-electron chi connectivity index (χ1n) is 5.29. The number of benzene rings is 1. The Balaban J connectivity index is 2.52. The van der Waals surface area contributed by atoms with Gasteiger partial charge in [0.25, 0.3) is 0 Å². The first-order valence-corrected chi connectivity index (χ1v) is 6.04. The molecule has 0 atom stereocenters. The summed E-state index contributed by atoms with van der Waals surface area (Å²) in [4.78, 5) is 0. The number of halogens is 2. The van der Waals surface area contributed by atoms with E-state index >= 15 is 0 Å². The minimum Gasteiger partial charge on any atom is -0.381 e. The van der Waals surface area contributed by atoms with Gasteiger partial charge in [-0.05, 0) is 24.6 Å². The quantitative estimate of drug-likeness (QED) is 0.933. The van der Waals surface area contributed by atoms with E-state index in [4.69, 9.17) is 28.9 Å². The van der Waals surface area contributed by atoms with Crippen LogP contribution >= 0.6 is 23.2 Å². The van der Waals surface area contributed by atoms with E-state index in [9.17, 15) is 0 Å². The molecule has 90 valence electrons. The highest BCUT2D eigenvalue weighted by Crippen LogP contribution is 2.26. The summed E-state index contributed by atoms with van der Waals surface area (Å²) in [6.45, 7) is 2.07. The molecule has 0 bridgehead atoms. The predicted octanol–water partition coefficient (Wildman–Crippen LogP) is 3.11. The van der Waals surface area contributed by atoms with E-state index in [1.165, 1.54) is 0 Å². The van der Waals surface area contributed by atoms with Crippen LogP contribution in [0, 0.1) is 0 Å². The molecule has 4 nitrogen and oxygen atoms in total. The van der Waals surface area contributed by atoms with Crippen LogP contribution in [-0.2, 0) is 6.42 Å². The lowest BCUT2D eigenvalue weighted by molar-refractivity contribution is 0.746. The maximum Gasteiger partial charge on any atom is 0.169 e. The average Bonchev–Trinajstić information content (AvgIpc) is 2.62. The Bertz CT molecular complexity index is 536. The number of hydrogen-bond acceptors (Lipinski definition) is 3. The number of nitrogen functional groups attached to an aromatic ring is 1. The molecular formula is C11H12Cl2N4. The number of nitrogens with two attached hydrogens (primary N) is 1. The van der Waals surface area contributed by atoms with Crippen molar-refractivity contribution >= 4 is 29.0 Å². The summed E-state index contributed by atoms with van der Waals surface area (Å²) in [6.07, 6.45) is 1.76. The molecule has 0 saturated heterocycles. The highest BCUT2D eigenvalue weighted by atomic mass is 35.5. The summed E-state index contributed by atoms with van der Waals surface area (Å²) in [5.41, 5.74) is 7.39. The lowest BCUT2D eigenvalue weighted by Gasteiger charge is -2.07.